The topological polar surface area (TPSA) is 57.0 Å². The zero-order valence-corrected chi connectivity index (χ0v) is 9.98. The lowest BCUT2D eigenvalue weighted by Gasteiger charge is -2.08. The van der Waals surface area contributed by atoms with Crippen LogP contribution < -0.4 is 0 Å². The summed E-state index contributed by atoms with van der Waals surface area (Å²) < 4.78 is 6.69. The minimum atomic E-state index is -0.476. The van der Waals surface area contributed by atoms with E-state index in [9.17, 15) is 4.79 Å². The summed E-state index contributed by atoms with van der Waals surface area (Å²) in [5.41, 5.74) is 0.247. The molecule has 1 unspecified atom stereocenters. The molecule has 2 aromatic heterocycles. The summed E-state index contributed by atoms with van der Waals surface area (Å²) in [6.45, 7) is 5.29. The van der Waals surface area contributed by atoms with E-state index < -0.39 is 5.97 Å². The Kier molecular flexibility index (Phi) is 3.52. The molecule has 5 nitrogen and oxygen atoms in total. The van der Waals surface area contributed by atoms with Crippen molar-refractivity contribution in [2.75, 3.05) is 0 Å². The minimum absolute atomic E-state index is 0.247. The van der Waals surface area contributed by atoms with Gasteiger partial charge in [-0.15, -0.1) is 0 Å². The first-order valence-corrected chi connectivity index (χ1v) is 5.51. The van der Waals surface area contributed by atoms with Crippen LogP contribution in [-0.4, -0.2) is 26.8 Å². The number of carbonyl (C=O) groups excluding carboxylic acids is 1. The third-order valence-electron chi connectivity index (χ3n) is 2.31. The second-order valence-corrected chi connectivity index (χ2v) is 3.68. The summed E-state index contributed by atoms with van der Waals surface area (Å²) >= 11 is 0. The van der Waals surface area contributed by atoms with Gasteiger partial charge in [0.1, 0.15) is 6.10 Å². The van der Waals surface area contributed by atoms with E-state index in [1.165, 1.54) is 0 Å². The van der Waals surface area contributed by atoms with Gasteiger partial charge in [0.15, 0.2) is 11.5 Å². The van der Waals surface area contributed by atoms with E-state index in [2.05, 4.69) is 16.7 Å². The number of nitrogens with zero attached hydrogens (tertiary/aromatic N) is 3. The number of carbonyl (C=O) groups is 1. The van der Waals surface area contributed by atoms with Crippen molar-refractivity contribution in [2.24, 2.45) is 0 Å². The summed E-state index contributed by atoms with van der Waals surface area (Å²) in [4.78, 5) is 16.0. The number of esters is 1. The van der Waals surface area contributed by atoms with Crippen LogP contribution >= 0.6 is 0 Å². The summed E-state index contributed by atoms with van der Waals surface area (Å²) in [6.07, 6.45) is 4.61. The minimum Gasteiger partial charge on any atom is -0.454 e. The maximum absolute atomic E-state index is 11.8. The van der Waals surface area contributed by atoms with Gasteiger partial charge in [-0.2, -0.15) is 5.10 Å². The lowest BCUT2D eigenvalue weighted by molar-refractivity contribution is 0.0418. The fourth-order valence-corrected chi connectivity index (χ4v) is 1.35. The van der Waals surface area contributed by atoms with E-state index in [-0.39, 0.29) is 11.8 Å². The van der Waals surface area contributed by atoms with Gasteiger partial charge in [0.2, 0.25) is 0 Å². The molecule has 18 heavy (non-hydrogen) atoms. The van der Waals surface area contributed by atoms with Crippen LogP contribution in [0, 0.1) is 0 Å². The molecule has 5 heteroatoms. The predicted octanol–water partition coefficient (Wildman–Crippen LogP) is 2.00. The third kappa shape index (κ3) is 2.63. The molecule has 0 saturated carbocycles. The zero-order chi connectivity index (χ0) is 13.0. The number of pyridine rings is 1. The number of ether oxygens (including phenoxy) is 1. The molecule has 0 N–H and O–H groups in total. The molecule has 0 aliphatic carbocycles. The van der Waals surface area contributed by atoms with Crippen molar-refractivity contribution in [3.8, 4) is 5.82 Å². The van der Waals surface area contributed by atoms with Gasteiger partial charge in [-0.25, -0.2) is 14.5 Å². The van der Waals surface area contributed by atoms with Crippen molar-refractivity contribution in [1.82, 2.24) is 14.8 Å². The van der Waals surface area contributed by atoms with Crippen LogP contribution in [0.3, 0.4) is 0 Å². The fourth-order valence-electron chi connectivity index (χ4n) is 1.35. The van der Waals surface area contributed by atoms with Crippen LogP contribution in [0.5, 0.6) is 0 Å². The monoisotopic (exact) mass is 243 g/mol. The summed E-state index contributed by atoms with van der Waals surface area (Å²) in [5.74, 6) is 0.0945. The van der Waals surface area contributed by atoms with E-state index in [0.29, 0.717) is 5.82 Å². The molecule has 0 bridgehead atoms. The number of aromatic nitrogens is 3. The molecule has 0 radical (unpaired) electrons. The van der Waals surface area contributed by atoms with Gasteiger partial charge in [0.05, 0.1) is 0 Å². The van der Waals surface area contributed by atoms with Crippen LogP contribution in [0.25, 0.3) is 5.82 Å². The highest BCUT2D eigenvalue weighted by molar-refractivity contribution is 5.87. The van der Waals surface area contributed by atoms with Crippen LogP contribution in [0.1, 0.15) is 17.4 Å². The molecule has 0 amide bonds. The van der Waals surface area contributed by atoms with Crippen molar-refractivity contribution in [3.63, 3.8) is 0 Å². The van der Waals surface area contributed by atoms with Crippen molar-refractivity contribution in [2.45, 2.75) is 13.0 Å². The van der Waals surface area contributed by atoms with E-state index in [1.807, 2.05) is 0 Å². The first-order chi connectivity index (χ1) is 8.70. The normalized spacial score (nSPS) is 11.8. The highest BCUT2D eigenvalue weighted by Crippen LogP contribution is 2.07. The van der Waals surface area contributed by atoms with Crippen molar-refractivity contribution in [3.05, 3.63) is 55.0 Å². The van der Waals surface area contributed by atoms with Gasteiger partial charge in [-0.3, -0.25) is 0 Å². The Bertz CT molecular complexity index is 549. The van der Waals surface area contributed by atoms with Gasteiger partial charge >= 0.3 is 5.97 Å². The second-order valence-electron chi connectivity index (χ2n) is 3.68. The van der Waals surface area contributed by atoms with Crippen LogP contribution in [0.2, 0.25) is 0 Å². The highest BCUT2D eigenvalue weighted by atomic mass is 16.5. The number of hydrogen-bond acceptors (Lipinski definition) is 4. The largest absolute Gasteiger partial charge is 0.454 e. The number of hydrogen-bond donors (Lipinski definition) is 0. The van der Waals surface area contributed by atoms with E-state index in [0.717, 1.165) is 0 Å². The maximum Gasteiger partial charge on any atom is 0.357 e. The van der Waals surface area contributed by atoms with Gasteiger partial charge in [0.25, 0.3) is 0 Å². The average molecular weight is 243 g/mol. The Morgan fingerprint density at radius 1 is 1.50 bits per heavy atom. The smallest absolute Gasteiger partial charge is 0.357 e. The van der Waals surface area contributed by atoms with Crippen molar-refractivity contribution >= 4 is 5.97 Å². The van der Waals surface area contributed by atoms with Gasteiger partial charge in [-0.05, 0) is 25.1 Å². The molecule has 92 valence electrons. The van der Waals surface area contributed by atoms with Gasteiger partial charge in [0, 0.05) is 12.4 Å². The lowest BCUT2D eigenvalue weighted by atomic mass is 10.3. The predicted molar refractivity (Wildman–Crippen MR) is 66.4 cm³/mol. The quantitative estimate of drug-likeness (QED) is 0.608. The fraction of sp³-hybridized carbons (Fsp3) is 0.154. The van der Waals surface area contributed by atoms with Crippen LogP contribution in [0.4, 0.5) is 0 Å². The Labute approximate surface area is 105 Å². The van der Waals surface area contributed by atoms with Crippen LogP contribution in [0.15, 0.2) is 49.3 Å². The average Bonchev–Trinajstić information content (AvgIpc) is 2.92. The summed E-state index contributed by atoms with van der Waals surface area (Å²) in [5, 5.41) is 4.05. The molecule has 0 aromatic carbocycles. The molecule has 0 spiro atoms. The molecule has 2 rings (SSSR count). The molecule has 0 fully saturated rings. The van der Waals surface area contributed by atoms with Gasteiger partial charge in [-0.1, -0.05) is 18.7 Å². The molecule has 2 heterocycles. The standard InChI is InChI=1S/C13H13N3O2/c1-3-10(2)18-13(17)11-6-4-7-12(15-11)16-9-5-8-14-16/h3-10H,1H2,2H3. The highest BCUT2D eigenvalue weighted by Gasteiger charge is 2.12. The zero-order valence-electron chi connectivity index (χ0n) is 9.98. The molecule has 1 atom stereocenters. The van der Waals surface area contributed by atoms with E-state index in [1.54, 1.807) is 54.3 Å². The van der Waals surface area contributed by atoms with E-state index >= 15 is 0 Å². The Morgan fingerprint density at radius 3 is 3.00 bits per heavy atom. The maximum atomic E-state index is 11.8. The Morgan fingerprint density at radius 2 is 2.33 bits per heavy atom. The first kappa shape index (κ1) is 12.0. The lowest BCUT2D eigenvalue weighted by Crippen LogP contribution is -2.14. The molecular formula is C13H13N3O2. The van der Waals surface area contributed by atoms with Crippen molar-refractivity contribution in [1.29, 1.82) is 0 Å². The van der Waals surface area contributed by atoms with E-state index in [4.69, 9.17) is 4.74 Å². The molecular weight excluding hydrogens is 230 g/mol. The number of rotatable bonds is 4. The molecule has 0 aliphatic rings. The van der Waals surface area contributed by atoms with Crippen molar-refractivity contribution < 1.29 is 9.53 Å². The molecule has 2 aromatic rings. The second kappa shape index (κ2) is 5.27. The molecule has 0 aliphatic heterocycles. The Balaban J connectivity index is 2.22. The Hall–Kier alpha value is -2.43. The van der Waals surface area contributed by atoms with Crippen LogP contribution in [-0.2, 0) is 4.74 Å². The molecule has 0 saturated heterocycles. The summed E-state index contributed by atoms with van der Waals surface area (Å²) in [7, 11) is 0. The first-order valence-electron chi connectivity index (χ1n) is 5.51. The SMILES string of the molecule is C=CC(C)OC(=O)c1cccc(-n2cccn2)n1. The summed E-state index contributed by atoms with van der Waals surface area (Å²) in [6, 6.07) is 6.89. The third-order valence-corrected chi connectivity index (χ3v) is 2.31. The van der Waals surface area contributed by atoms with Gasteiger partial charge < -0.3 is 4.74 Å².